The third kappa shape index (κ3) is 3.09. The second-order valence-electron chi connectivity index (χ2n) is 4.15. The first-order chi connectivity index (χ1) is 9.43. The summed E-state index contributed by atoms with van der Waals surface area (Å²) in [5.41, 5.74) is 7.36. The molecule has 0 bridgehead atoms. The highest BCUT2D eigenvalue weighted by molar-refractivity contribution is 9.10. The van der Waals surface area contributed by atoms with Gasteiger partial charge in [-0.2, -0.15) is 0 Å². The van der Waals surface area contributed by atoms with Crippen molar-refractivity contribution >= 4 is 39.1 Å². The van der Waals surface area contributed by atoms with Crippen LogP contribution in [-0.2, 0) is 0 Å². The molecule has 6 heteroatoms. The number of rotatable bonds is 3. The van der Waals surface area contributed by atoms with Crippen LogP contribution in [0.2, 0.25) is 10.0 Å². The lowest BCUT2D eigenvalue weighted by Gasteiger charge is -2.17. The predicted molar refractivity (Wildman–Crippen MR) is 83.1 cm³/mol. The van der Waals surface area contributed by atoms with Crippen molar-refractivity contribution in [3.05, 3.63) is 61.8 Å². The van der Waals surface area contributed by atoms with Gasteiger partial charge in [0.1, 0.15) is 11.6 Å². The summed E-state index contributed by atoms with van der Waals surface area (Å²) in [5.74, 6) is 0.0975. The van der Waals surface area contributed by atoms with Gasteiger partial charge in [0.2, 0.25) is 0 Å². The van der Waals surface area contributed by atoms with Crippen molar-refractivity contribution in [2.75, 3.05) is 7.11 Å². The van der Waals surface area contributed by atoms with E-state index in [0.29, 0.717) is 31.4 Å². The first-order valence-electron chi connectivity index (χ1n) is 5.67. The van der Waals surface area contributed by atoms with E-state index in [4.69, 9.17) is 33.7 Å². The fraction of sp³-hybridized carbons (Fsp3) is 0.143. The summed E-state index contributed by atoms with van der Waals surface area (Å²) in [6.45, 7) is 0. The Labute approximate surface area is 134 Å². The minimum atomic E-state index is -0.601. The van der Waals surface area contributed by atoms with Crippen LogP contribution in [-0.4, -0.2) is 7.11 Å². The maximum atomic E-state index is 13.4. The van der Waals surface area contributed by atoms with Crippen molar-refractivity contribution in [1.29, 1.82) is 0 Å². The van der Waals surface area contributed by atoms with Crippen molar-refractivity contribution in [1.82, 2.24) is 0 Å². The van der Waals surface area contributed by atoms with Gasteiger partial charge in [-0.3, -0.25) is 0 Å². The minimum Gasteiger partial charge on any atom is -0.495 e. The van der Waals surface area contributed by atoms with Crippen LogP contribution in [0.3, 0.4) is 0 Å². The Hall–Kier alpha value is -0.810. The van der Waals surface area contributed by atoms with Gasteiger partial charge in [-0.15, -0.1) is 0 Å². The number of hydrogen-bond donors (Lipinski definition) is 1. The largest absolute Gasteiger partial charge is 0.495 e. The Bertz CT molecular complexity index is 651. The van der Waals surface area contributed by atoms with E-state index in [2.05, 4.69) is 15.9 Å². The van der Waals surface area contributed by atoms with E-state index < -0.39 is 6.04 Å². The van der Waals surface area contributed by atoms with E-state index in [1.54, 1.807) is 18.2 Å². The van der Waals surface area contributed by atoms with Crippen molar-refractivity contribution in [3.63, 3.8) is 0 Å². The molecule has 0 fully saturated rings. The molecule has 0 saturated carbocycles. The maximum absolute atomic E-state index is 13.4. The van der Waals surface area contributed by atoms with Crippen molar-refractivity contribution < 1.29 is 9.13 Å². The molecule has 0 aliphatic carbocycles. The van der Waals surface area contributed by atoms with E-state index in [0.717, 1.165) is 0 Å². The quantitative estimate of drug-likeness (QED) is 0.819. The highest BCUT2D eigenvalue weighted by atomic mass is 79.9. The Kier molecular flexibility index (Phi) is 4.91. The topological polar surface area (TPSA) is 35.2 Å². The highest BCUT2D eigenvalue weighted by Gasteiger charge is 2.18. The number of methoxy groups -OCH3 is 1. The molecule has 1 unspecified atom stereocenters. The summed E-state index contributed by atoms with van der Waals surface area (Å²) in [4.78, 5) is 0. The Balaban J connectivity index is 2.50. The van der Waals surface area contributed by atoms with E-state index in [9.17, 15) is 4.39 Å². The Morgan fingerprint density at radius 3 is 2.50 bits per heavy atom. The Morgan fingerprint density at radius 2 is 1.85 bits per heavy atom. The van der Waals surface area contributed by atoms with Gasteiger partial charge in [-0.05, 0) is 35.4 Å². The molecule has 0 saturated heterocycles. The van der Waals surface area contributed by atoms with Crippen LogP contribution < -0.4 is 10.5 Å². The van der Waals surface area contributed by atoms with Gasteiger partial charge >= 0.3 is 0 Å². The molecule has 106 valence electrons. The van der Waals surface area contributed by atoms with Crippen LogP contribution in [0.25, 0.3) is 0 Å². The van der Waals surface area contributed by atoms with Gasteiger partial charge in [0.05, 0.1) is 18.2 Å². The lowest BCUT2D eigenvalue weighted by Crippen LogP contribution is -2.13. The maximum Gasteiger partial charge on any atom is 0.138 e. The van der Waals surface area contributed by atoms with Gasteiger partial charge in [0, 0.05) is 15.6 Å². The van der Waals surface area contributed by atoms with Gasteiger partial charge < -0.3 is 10.5 Å². The molecular weight excluding hydrogens is 368 g/mol. The van der Waals surface area contributed by atoms with Crippen LogP contribution in [0.1, 0.15) is 17.2 Å². The van der Waals surface area contributed by atoms with Crippen LogP contribution in [0.5, 0.6) is 5.75 Å². The second kappa shape index (κ2) is 6.31. The lowest BCUT2D eigenvalue weighted by molar-refractivity contribution is 0.415. The monoisotopic (exact) mass is 377 g/mol. The first-order valence-corrected chi connectivity index (χ1v) is 7.22. The average Bonchev–Trinajstić information content (AvgIpc) is 2.42. The van der Waals surface area contributed by atoms with E-state index in [-0.39, 0.29) is 5.82 Å². The number of benzene rings is 2. The molecule has 0 spiro atoms. The van der Waals surface area contributed by atoms with Crippen molar-refractivity contribution in [2.24, 2.45) is 5.73 Å². The summed E-state index contributed by atoms with van der Waals surface area (Å²) in [5, 5.41) is 0.810. The molecule has 20 heavy (non-hydrogen) atoms. The average molecular weight is 379 g/mol. The lowest BCUT2D eigenvalue weighted by atomic mass is 9.99. The SMILES string of the molecule is COc1cc(Cl)c(C(N)c2cc(F)ccc2Br)cc1Cl. The molecule has 0 heterocycles. The summed E-state index contributed by atoms with van der Waals surface area (Å²) in [6.07, 6.45) is 0. The Morgan fingerprint density at radius 1 is 1.15 bits per heavy atom. The van der Waals surface area contributed by atoms with Gasteiger partial charge in [0.15, 0.2) is 0 Å². The summed E-state index contributed by atoms with van der Waals surface area (Å²) in [6, 6.07) is 6.93. The van der Waals surface area contributed by atoms with E-state index in [1.165, 1.54) is 19.2 Å². The van der Waals surface area contributed by atoms with Crippen molar-refractivity contribution in [2.45, 2.75) is 6.04 Å². The molecule has 2 N–H and O–H groups in total. The summed E-state index contributed by atoms with van der Waals surface area (Å²) in [7, 11) is 1.50. The molecule has 0 aliphatic rings. The number of nitrogens with two attached hydrogens (primary N) is 1. The standard InChI is InChI=1S/C14H11BrCl2FNO/c1-20-13-6-11(16)9(5-12(13)17)14(19)8-4-7(18)2-3-10(8)15/h2-6,14H,19H2,1H3. The molecule has 2 nitrogen and oxygen atoms in total. The summed E-state index contributed by atoms with van der Waals surface area (Å²) < 4.78 is 19.2. The molecule has 2 aromatic rings. The molecule has 0 aromatic heterocycles. The van der Waals surface area contributed by atoms with Crippen LogP contribution >= 0.6 is 39.1 Å². The first kappa shape index (κ1) is 15.6. The fourth-order valence-corrected chi connectivity index (χ4v) is 2.87. The molecule has 0 amide bonds. The molecule has 2 aromatic carbocycles. The predicted octanol–water partition coefficient (Wildman–Crippen LogP) is 4.95. The molecule has 0 radical (unpaired) electrons. The highest BCUT2D eigenvalue weighted by Crippen LogP contribution is 2.37. The van der Waals surface area contributed by atoms with Gasteiger partial charge in [0.25, 0.3) is 0 Å². The fourth-order valence-electron chi connectivity index (χ4n) is 1.86. The molecule has 0 aliphatic heterocycles. The second-order valence-corrected chi connectivity index (χ2v) is 5.82. The van der Waals surface area contributed by atoms with E-state index in [1.807, 2.05) is 0 Å². The van der Waals surface area contributed by atoms with E-state index >= 15 is 0 Å². The normalized spacial score (nSPS) is 12.3. The van der Waals surface area contributed by atoms with Crippen LogP contribution in [0, 0.1) is 5.82 Å². The third-order valence-corrected chi connectivity index (χ3v) is 4.24. The van der Waals surface area contributed by atoms with Crippen molar-refractivity contribution in [3.8, 4) is 5.75 Å². The zero-order chi connectivity index (χ0) is 14.9. The minimum absolute atomic E-state index is 0.366. The number of ether oxygens (including phenoxy) is 1. The smallest absolute Gasteiger partial charge is 0.138 e. The number of hydrogen-bond acceptors (Lipinski definition) is 2. The van der Waals surface area contributed by atoms with Crippen LogP contribution in [0.4, 0.5) is 4.39 Å². The zero-order valence-corrected chi connectivity index (χ0v) is 13.6. The van der Waals surface area contributed by atoms with Crippen LogP contribution in [0.15, 0.2) is 34.8 Å². The molecular formula is C14H11BrCl2FNO. The molecule has 2 rings (SSSR count). The molecule has 1 atom stereocenters. The summed E-state index contributed by atoms with van der Waals surface area (Å²) >= 11 is 15.6. The third-order valence-electron chi connectivity index (χ3n) is 2.90. The number of halogens is 4. The van der Waals surface area contributed by atoms with Gasteiger partial charge in [-0.25, -0.2) is 4.39 Å². The zero-order valence-electron chi connectivity index (χ0n) is 10.5. The van der Waals surface area contributed by atoms with Gasteiger partial charge in [-0.1, -0.05) is 39.1 Å².